The first-order valence-corrected chi connectivity index (χ1v) is 4.55. The van der Waals surface area contributed by atoms with E-state index in [9.17, 15) is 4.39 Å². The van der Waals surface area contributed by atoms with E-state index in [-0.39, 0.29) is 5.82 Å². The number of hydrogen-bond donors (Lipinski definition) is 0. The van der Waals surface area contributed by atoms with Crippen molar-refractivity contribution in [3.05, 3.63) is 35.6 Å². The number of halogens is 1. The number of hydrogen-bond acceptors (Lipinski definition) is 1. The molecule has 0 amide bonds. The van der Waals surface area contributed by atoms with Crippen molar-refractivity contribution in [1.82, 2.24) is 0 Å². The van der Waals surface area contributed by atoms with Crippen LogP contribution in [0.5, 0.6) is 0 Å². The van der Waals surface area contributed by atoms with Gasteiger partial charge in [0.15, 0.2) is 0 Å². The van der Waals surface area contributed by atoms with Gasteiger partial charge in [-0.2, -0.15) is 0 Å². The van der Waals surface area contributed by atoms with Crippen LogP contribution in [-0.2, 0) is 0 Å². The summed E-state index contributed by atoms with van der Waals surface area (Å²) in [6.07, 6.45) is 0.976. The predicted molar refractivity (Wildman–Crippen MR) is 51.6 cm³/mol. The van der Waals surface area contributed by atoms with Crippen molar-refractivity contribution in [1.29, 1.82) is 0 Å². The Balaban J connectivity index is 2.26. The van der Waals surface area contributed by atoms with Gasteiger partial charge >= 0.3 is 0 Å². The molecule has 68 valence electrons. The van der Waals surface area contributed by atoms with Crippen molar-refractivity contribution in [2.45, 2.75) is 13.3 Å². The molecule has 0 radical (unpaired) electrons. The average molecular weight is 177 g/mol. The molecule has 1 nitrogen and oxygen atoms in total. The number of rotatable bonds is 1. The minimum Gasteiger partial charge on any atom is -0.289 e. The molecule has 2 rings (SSSR count). The van der Waals surface area contributed by atoms with Crippen LogP contribution < -0.4 is 0 Å². The van der Waals surface area contributed by atoms with E-state index in [4.69, 9.17) is 0 Å². The van der Waals surface area contributed by atoms with Gasteiger partial charge in [0.2, 0.25) is 0 Å². The van der Waals surface area contributed by atoms with Crippen molar-refractivity contribution in [2.24, 2.45) is 10.9 Å². The SMILES string of the molecule is CC1CN=C(c2cccc(F)c2)C1. The minimum absolute atomic E-state index is 0.181. The molecule has 0 saturated carbocycles. The number of nitrogens with zero attached hydrogens (tertiary/aromatic N) is 1. The van der Waals surface area contributed by atoms with Crippen LogP contribution in [0.2, 0.25) is 0 Å². The molecule has 0 saturated heterocycles. The zero-order chi connectivity index (χ0) is 9.26. The van der Waals surface area contributed by atoms with E-state index in [1.807, 2.05) is 6.07 Å². The second-order valence-corrected chi connectivity index (χ2v) is 3.61. The highest BCUT2D eigenvalue weighted by Gasteiger charge is 2.15. The van der Waals surface area contributed by atoms with Gasteiger partial charge in [0.25, 0.3) is 0 Å². The lowest BCUT2D eigenvalue weighted by Crippen LogP contribution is -1.99. The van der Waals surface area contributed by atoms with Crippen LogP contribution in [0.3, 0.4) is 0 Å². The van der Waals surface area contributed by atoms with Crippen molar-refractivity contribution in [3.8, 4) is 0 Å². The first-order chi connectivity index (χ1) is 6.25. The molecular weight excluding hydrogens is 165 g/mol. The maximum absolute atomic E-state index is 12.9. The molecule has 0 aliphatic carbocycles. The molecule has 0 spiro atoms. The summed E-state index contributed by atoms with van der Waals surface area (Å²) in [5, 5.41) is 0. The molecule has 1 aromatic rings. The van der Waals surface area contributed by atoms with Gasteiger partial charge in [-0.05, 0) is 30.0 Å². The summed E-state index contributed by atoms with van der Waals surface area (Å²) in [7, 11) is 0. The maximum atomic E-state index is 12.9. The van der Waals surface area contributed by atoms with Crippen LogP contribution in [0.1, 0.15) is 18.9 Å². The standard InChI is InChI=1S/C11H12FN/c1-8-5-11(13-7-8)9-3-2-4-10(12)6-9/h2-4,6,8H,5,7H2,1H3. The van der Waals surface area contributed by atoms with Crippen molar-refractivity contribution >= 4 is 5.71 Å². The fraction of sp³-hybridized carbons (Fsp3) is 0.364. The zero-order valence-corrected chi connectivity index (χ0v) is 7.63. The van der Waals surface area contributed by atoms with Crippen LogP contribution in [0.25, 0.3) is 0 Å². The average Bonchev–Trinajstić information content (AvgIpc) is 2.52. The molecule has 0 aromatic heterocycles. The quantitative estimate of drug-likeness (QED) is 0.625. The van der Waals surface area contributed by atoms with Crippen LogP contribution in [0.4, 0.5) is 4.39 Å². The van der Waals surface area contributed by atoms with E-state index in [0.717, 1.165) is 24.2 Å². The van der Waals surface area contributed by atoms with Gasteiger partial charge in [-0.3, -0.25) is 4.99 Å². The van der Waals surface area contributed by atoms with Crippen LogP contribution in [0, 0.1) is 11.7 Å². The summed E-state index contributed by atoms with van der Waals surface area (Å²) in [6, 6.07) is 6.66. The second-order valence-electron chi connectivity index (χ2n) is 3.61. The number of aliphatic imine (C=N–C) groups is 1. The van der Waals surface area contributed by atoms with Crippen LogP contribution >= 0.6 is 0 Å². The van der Waals surface area contributed by atoms with Gasteiger partial charge in [-0.1, -0.05) is 19.1 Å². The summed E-state index contributed by atoms with van der Waals surface area (Å²) in [4.78, 5) is 4.38. The van der Waals surface area contributed by atoms with Gasteiger partial charge in [-0.25, -0.2) is 4.39 Å². The molecule has 1 atom stereocenters. The Bertz CT molecular complexity index is 344. The van der Waals surface area contributed by atoms with E-state index < -0.39 is 0 Å². The molecule has 1 heterocycles. The smallest absolute Gasteiger partial charge is 0.123 e. The molecule has 1 aliphatic heterocycles. The molecule has 13 heavy (non-hydrogen) atoms. The van der Waals surface area contributed by atoms with E-state index in [2.05, 4.69) is 11.9 Å². The number of benzene rings is 1. The first-order valence-electron chi connectivity index (χ1n) is 4.55. The normalized spacial score (nSPS) is 21.7. The van der Waals surface area contributed by atoms with Gasteiger partial charge < -0.3 is 0 Å². The van der Waals surface area contributed by atoms with E-state index in [1.54, 1.807) is 12.1 Å². The summed E-state index contributed by atoms with van der Waals surface area (Å²) >= 11 is 0. The van der Waals surface area contributed by atoms with Gasteiger partial charge in [0.05, 0.1) is 0 Å². The molecule has 0 bridgehead atoms. The molecular formula is C11H12FN. The third kappa shape index (κ3) is 1.77. The second kappa shape index (κ2) is 3.29. The molecule has 1 aromatic carbocycles. The molecule has 0 N–H and O–H groups in total. The predicted octanol–water partition coefficient (Wildman–Crippen LogP) is 2.65. The lowest BCUT2D eigenvalue weighted by atomic mass is 10.0. The summed E-state index contributed by atoms with van der Waals surface area (Å²) in [6.45, 7) is 3.04. The third-order valence-corrected chi connectivity index (χ3v) is 2.29. The molecule has 2 heteroatoms. The minimum atomic E-state index is -0.181. The molecule has 1 unspecified atom stereocenters. The van der Waals surface area contributed by atoms with E-state index in [1.165, 1.54) is 6.07 Å². The Kier molecular flexibility index (Phi) is 2.13. The van der Waals surface area contributed by atoms with E-state index in [0.29, 0.717) is 5.92 Å². The van der Waals surface area contributed by atoms with Crippen molar-refractivity contribution < 1.29 is 4.39 Å². The highest BCUT2D eigenvalue weighted by molar-refractivity contribution is 6.01. The Morgan fingerprint density at radius 1 is 1.46 bits per heavy atom. The highest BCUT2D eigenvalue weighted by Crippen LogP contribution is 2.18. The summed E-state index contributed by atoms with van der Waals surface area (Å²) in [5.41, 5.74) is 1.98. The Hall–Kier alpha value is -1.18. The van der Waals surface area contributed by atoms with Crippen LogP contribution in [-0.4, -0.2) is 12.3 Å². The van der Waals surface area contributed by atoms with Crippen molar-refractivity contribution in [3.63, 3.8) is 0 Å². The Morgan fingerprint density at radius 3 is 2.92 bits per heavy atom. The Labute approximate surface area is 77.3 Å². The summed E-state index contributed by atoms with van der Waals surface area (Å²) < 4.78 is 12.9. The topological polar surface area (TPSA) is 12.4 Å². The van der Waals surface area contributed by atoms with E-state index >= 15 is 0 Å². The first kappa shape index (κ1) is 8.42. The fourth-order valence-corrected chi connectivity index (χ4v) is 1.60. The van der Waals surface area contributed by atoms with Gasteiger partial charge in [-0.15, -0.1) is 0 Å². The Morgan fingerprint density at radius 2 is 2.31 bits per heavy atom. The van der Waals surface area contributed by atoms with Crippen molar-refractivity contribution in [2.75, 3.05) is 6.54 Å². The van der Waals surface area contributed by atoms with Gasteiger partial charge in [0.1, 0.15) is 5.82 Å². The zero-order valence-electron chi connectivity index (χ0n) is 7.63. The highest BCUT2D eigenvalue weighted by atomic mass is 19.1. The lowest BCUT2D eigenvalue weighted by Gasteiger charge is -2.01. The molecule has 1 aliphatic rings. The summed E-state index contributed by atoms with van der Waals surface area (Å²) in [5.74, 6) is 0.429. The lowest BCUT2D eigenvalue weighted by molar-refractivity contribution is 0.627. The fourth-order valence-electron chi connectivity index (χ4n) is 1.60. The largest absolute Gasteiger partial charge is 0.289 e. The van der Waals surface area contributed by atoms with Crippen LogP contribution in [0.15, 0.2) is 29.3 Å². The monoisotopic (exact) mass is 177 g/mol. The van der Waals surface area contributed by atoms with Gasteiger partial charge in [0, 0.05) is 12.3 Å². The third-order valence-electron chi connectivity index (χ3n) is 2.29. The molecule has 0 fully saturated rings. The maximum Gasteiger partial charge on any atom is 0.123 e.